The second-order valence-corrected chi connectivity index (χ2v) is 16.3. The molecule has 7 rings (SSSR count). The van der Waals surface area contributed by atoms with E-state index >= 15 is 0 Å². The lowest BCUT2D eigenvalue weighted by Crippen LogP contribution is -2.62. The van der Waals surface area contributed by atoms with Crippen molar-refractivity contribution >= 4 is 0 Å². The molecule has 0 heterocycles. The van der Waals surface area contributed by atoms with Crippen molar-refractivity contribution in [2.75, 3.05) is 6.61 Å². The molecular formula is C43H56O4. The van der Waals surface area contributed by atoms with Gasteiger partial charge in [0.15, 0.2) is 0 Å². The molecule has 47 heavy (non-hydrogen) atoms. The van der Waals surface area contributed by atoms with Gasteiger partial charge in [-0.15, -0.1) is 0 Å². The normalized spacial score (nSPS) is 37.4. The van der Waals surface area contributed by atoms with Crippen molar-refractivity contribution in [1.82, 2.24) is 0 Å². The first kappa shape index (κ1) is 33.0. The van der Waals surface area contributed by atoms with Gasteiger partial charge < -0.3 is 20.1 Å². The lowest BCUT2D eigenvalue weighted by atomic mass is 9.43. The summed E-state index contributed by atoms with van der Waals surface area (Å²) in [6, 6.07) is 31.8. The molecule has 4 heteroatoms. The number of benzene rings is 3. The van der Waals surface area contributed by atoms with Gasteiger partial charge in [0.25, 0.3) is 0 Å². The zero-order chi connectivity index (χ0) is 32.8. The molecule has 0 unspecified atom stereocenters. The minimum Gasteiger partial charge on any atom is -0.393 e. The van der Waals surface area contributed by atoms with Crippen molar-refractivity contribution in [1.29, 1.82) is 0 Å². The van der Waals surface area contributed by atoms with Crippen LogP contribution in [0.4, 0.5) is 0 Å². The highest BCUT2D eigenvalue weighted by Crippen LogP contribution is 2.68. The summed E-state index contributed by atoms with van der Waals surface area (Å²) in [6.45, 7) is 7.80. The Balaban J connectivity index is 1.08. The van der Waals surface area contributed by atoms with Crippen LogP contribution < -0.4 is 0 Å². The van der Waals surface area contributed by atoms with Crippen LogP contribution in [0.1, 0.15) is 95.2 Å². The molecule has 3 aromatic carbocycles. The molecule has 4 aliphatic carbocycles. The van der Waals surface area contributed by atoms with E-state index in [1.807, 2.05) is 0 Å². The zero-order valence-electron chi connectivity index (χ0n) is 28.7. The third kappa shape index (κ3) is 5.52. The van der Waals surface area contributed by atoms with Crippen molar-refractivity contribution in [3.8, 4) is 0 Å². The molecule has 0 saturated heterocycles. The van der Waals surface area contributed by atoms with Crippen LogP contribution in [-0.2, 0) is 10.3 Å². The summed E-state index contributed by atoms with van der Waals surface area (Å²) in [5, 5.41) is 34.2. The van der Waals surface area contributed by atoms with E-state index in [0.29, 0.717) is 36.2 Å². The van der Waals surface area contributed by atoms with Gasteiger partial charge >= 0.3 is 0 Å². The van der Waals surface area contributed by atoms with E-state index in [4.69, 9.17) is 4.74 Å². The molecule has 0 bridgehead atoms. The Hall–Kier alpha value is -2.50. The summed E-state index contributed by atoms with van der Waals surface area (Å²) in [4.78, 5) is 0. The maximum Gasteiger partial charge on any atom is 0.143 e. The van der Waals surface area contributed by atoms with Crippen molar-refractivity contribution in [2.24, 2.45) is 46.3 Å². The van der Waals surface area contributed by atoms with E-state index in [1.54, 1.807) is 0 Å². The topological polar surface area (TPSA) is 69.9 Å². The van der Waals surface area contributed by atoms with Crippen LogP contribution in [0.2, 0.25) is 0 Å². The van der Waals surface area contributed by atoms with Gasteiger partial charge in [0, 0.05) is 6.61 Å². The molecule has 0 spiro atoms. The third-order valence-electron chi connectivity index (χ3n) is 14.2. The predicted octanol–water partition coefficient (Wildman–Crippen LogP) is 8.37. The highest BCUT2D eigenvalue weighted by atomic mass is 16.5. The van der Waals surface area contributed by atoms with Gasteiger partial charge in [-0.25, -0.2) is 0 Å². The second-order valence-electron chi connectivity index (χ2n) is 16.3. The van der Waals surface area contributed by atoms with Crippen molar-refractivity contribution < 1.29 is 20.1 Å². The Kier molecular flexibility index (Phi) is 9.19. The molecule has 4 fully saturated rings. The van der Waals surface area contributed by atoms with Gasteiger partial charge in [0.1, 0.15) is 5.60 Å². The fourth-order valence-corrected chi connectivity index (χ4v) is 11.7. The van der Waals surface area contributed by atoms with E-state index in [2.05, 4.69) is 112 Å². The molecule has 4 saturated carbocycles. The lowest BCUT2D eigenvalue weighted by Gasteiger charge is -2.63. The molecule has 3 N–H and O–H groups in total. The zero-order valence-corrected chi connectivity index (χ0v) is 28.7. The maximum atomic E-state index is 12.0. The number of hydrogen-bond donors (Lipinski definition) is 3. The molecule has 0 radical (unpaired) electrons. The van der Waals surface area contributed by atoms with Gasteiger partial charge in [0.05, 0.1) is 18.3 Å². The molecular weight excluding hydrogens is 580 g/mol. The van der Waals surface area contributed by atoms with Crippen LogP contribution in [0.3, 0.4) is 0 Å². The molecule has 4 nitrogen and oxygen atoms in total. The first-order valence-corrected chi connectivity index (χ1v) is 18.5. The minimum absolute atomic E-state index is 0.106. The summed E-state index contributed by atoms with van der Waals surface area (Å²) in [5.74, 6) is 2.17. The quantitative estimate of drug-likeness (QED) is 0.163. The second kappa shape index (κ2) is 13.1. The number of rotatable bonds is 9. The summed E-state index contributed by atoms with van der Waals surface area (Å²) < 4.78 is 7.11. The van der Waals surface area contributed by atoms with E-state index in [9.17, 15) is 15.3 Å². The number of fused-ring (bicyclic) bond motifs is 5. The van der Waals surface area contributed by atoms with E-state index in [1.165, 1.54) is 0 Å². The molecule has 252 valence electrons. The summed E-state index contributed by atoms with van der Waals surface area (Å²) >= 11 is 0. The van der Waals surface area contributed by atoms with Crippen LogP contribution in [-0.4, -0.2) is 40.2 Å². The number of aliphatic hydroxyl groups is 3. The first-order chi connectivity index (χ1) is 22.7. The Labute approximate surface area is 282 Å². The SMILES string of the molecule is C[C@H](CCCOC(c1ccccc1)(c1ccccc1)c1ccccc1)[C@H]1CC[C@H]2[C@@H]3[C@H](O)C[C@@H]4C[C@@H](O)CC[C@]4(C)[C@H]3C[C@H](O)[C@]12C. The van der Waals surface area contributed by atoms with Crippen molar-refractivity contribution in [3.05, 3.63) is 108 Å². The fraction of sp³-hybridized carbons (Fsp3) is 0.581. The highest BCUT2D eigenvalue weighted by Gasteiger charge is 2.65. The maximum absolute atomic E-state index is 12.0. The first-order valence-electron chi connectivity index (χ1n) is 18.5. The molecule has 3 aromatic rings. The van der Waals surface area contributed by atoms with Gasteiger partial charge in [-0.05, 0) is 121 Å². The van der Waals surface area contributed by atoms with Crippen molar-refractivity contribution in [3.63, 3.8) is 0 Å². The summed E-state index contributed by atoms with van der Waals surface area (Å²) in [5.41, 5.74) is 2.62. The van der Waals surface area contributed by atoms with E-state index < -0.39 is 5.60 Å². The van der Waals surface area contributed by atoms with Gasteiger partial charge in [-0.3, -0.25) is 0 Å². The monoisotopic (exact) mass is 636 g/mol. The van der Waals surface area contributed by atoms with Crippen LogP contribution in [0.15, 0.2) is 91.0 Å². The van der Waals surface area contributed by atoms with Gasteiger partial charge in [-0.2, -0.15) is 0 Å². The Morgan fingerprint density at radius 1 is 0.745 bits per heavy atom. The Bertz CT molecular complexity index is 1360. The number of hydrogen-bond acceptors (Lipinski definition) is 4. The van der Waals surface area contributed by atoms with Gasteiger partial charge in [-0.1, -0.05) is 112 Å². The molecule has 0 aromatic heterocycles. The van der Waals surface area contributed by atoms with Crippen LogP contribution in [0.25, 0.3) is 0 Å². The minimum atomic E-state index is -0.702. The molecule has 0 amide bonds. The van der Waals surface area contributed by atoms with Crippen LogP contribution in [0.5, 0.6) is 0 Å². The Morgan fingerprint density at radius 3 is 1.89 bits per heavy atom. The van der Waals surface area contributed by atoms with Crippen molar-refractivity contribution in [2.45, 2.75) is 102 Å². The average Bonchev–Trinajstić information content (AvgIpc) is 3.45. The summed E-state index contributed by atoms with van der Waals surface area (Å²) in [7, 11) is 0. The lowest BCUT2D eigenvalue weighted by molar-refractivity contribution is -0.207. The van der Waals surface area contributed by atoms with Gasteiger partial charge in [0.2, 0.25) is 0 Å². The van der Waals surface area contributed by atoms with Crippen LogP contribution >= 0.6 is 0 Å². The fourth-order valence-electron chi connectivity index (χ4n) is 11.7. The highest BCUT2D eigenvalue weighted by molar-refractivity contribution is 5.47. The van der Waals surface area contributed by atoms with E-state index in [0.717, 1.165) is 74.5 Å². The standard InChI is InChI=1S/C43H56O4/c1-29(14-13-25-47-43(30-15-7-4-8-16-30,31-17-9-5-10-18-31)32-19-11-6-12-20-32)35-21-22-36-40-37(28-39(46)42(35,36)3)41(2)24-23-34(44)26-33(41)27-38(40)45/h4-12,15-20,29,33-40,44-46H,13-14,21-28H2,1-3H3/t29-,33+,34+,35-,36+,37+,38-,39+,40+,41+,42-/m1/s1. The molecule has 0 aliphatic heterocycles. The number of aliphatic hydroxyl groups excluding tert-OH is 3. The summed E-state index contributed by atoms with van der Waals surface area (Å²) in [6.07, 6.45) is 7.55. The molecule has 11 atom stereocenters. The third-order valence-corrected chi connectivity index (χ3v) is 14.2. The number of ether oxygens (including phenoxy) is 1. The molecule has 4 aliphatic rings. The smallest absolute Gasteiger partial charge is 0.143 e. The Morgan fingerprint density at radius 2 is 1.32 bits per heavy atom. The van der Waals surface area contributed by atoms with Crippen LogP contribution in [0, 0.1) is 46.3 Å². The van der Waals surface area contributed by atoms with E-state index in [-0.39, 0.29) is 35.1 Å². The largest absolute Gasteiger partial charge is 0.393 e. The average molecular weight is 637 g/mol. The predicted molar refractivity (Wildman–Crippen MR) is 188 cm³/mol.